The Labute approximate surface area is 153 Å². The van der Waals surface area contributed by atoms with Crippen molar-refractivity contribution in [3.05, 3.63) is 12.3 Å². The van der Waals surface area contributed by atoms with Crippen LogP contribution in [0.25, 0.3) is 0 Å². The standard InChI is InChI=1S/C20H35N5/c1-2-3-6-13-24-16-9-10-18(24)17-22-20-21-12-11-19(23-20)25-14-7-4-5-8-15-25/h11-12,18H,2-10,13-17H2,1H3,(H,21,22,23). The van der Waals surface area contributed by atoms with Crippen LogP contribution in [0.3, 0.4) is 0 Å². The number of anilines is 2. The number of nitrogens with zero attached hydrogens (tertiary/aromatic N) is 4. The molecule has 0 bridgehead atoms. The van der Waals surface area contributed by atoms with Gasteiger partial charge in [0.2, 0.25) is 5.95 Å². The Hall–Kier alpha value is -1.36. The highest BCUT2D eigenvalue weighted by Gasteiger charge is 2.23. The summed E-state index contributed by atoms with van der Waals surface area (Å²) in [6, 6.07) is 2.70. The van der Waals surface area contributed by atoms with Gasteiger partial charge in [0.05, 0.1) is 0 Å². The van der Waals surface area contributed by atoms with Gasteiger partial charge in [-0.15, -0.1) is 0 Å². The van der Waals surface area contributed by atoms with Crippen LogP contribution in [0.15, 0.2) is 12.3 Å². The highest BCUT2D eigenvalue weighted by molar-refractivity contribution is 5.42. The zero-order chi connectivity index (χ0) is 17.3. The molecule has 0 aromatic carbocycles. The predicted molar refractivity (Wildman–Crippen MR) is 105 cm³/mol. The number of nitrogens with one attached hydrogen (secondary N) is 1. The monoisotopic (exact) mass is 345 g/mol. The van der Waals surface area contributed by atoms with Gasteiger partial charge in [-0.3, -0.25) is 4.90 Å². The van der Waals surface area contributed by atoms with Crippen molar-refractivity contribution >= 4 is 11.8 Å². The summed E-state index contributed by atoms with van der Waals surface area (Å²) in [5, 5.41) is 3.51. The van der Waals surface area contributed by atoms with Crippen LogP contribution in [0.1, 0.15) is 64.7 Å². The lowest BCUT2D eigenvalue weighted by molar-refractivity contribution is 0.257. The lowest BCUT2D eigenvalue weighted by atomic mass is 10.2. The molecule has 2 fully saturated rings. The van der Waals surface area contributed by atoms with Crippen molar-refractivity contribution in [3.8, 4) is 0 Å². The lowest BCUT2D eigenvalue weighted by Gasteiger charge is -2.25. The summed E-state index contributed by atoms with van der Waals surface area (Å²) in [4.78, 5) is 14.3. The Balaban J connectivity index is 1.51. The van der Waals surface area contributed by atoms with E-state index in [4.69, 9.17) is 4.98 Å². The van der Waals surface area contributed by atoms with Crippen LogP contribution in [0, 0.1) is 0 Å². The van der Waals surface area contributed by atoms with E-state index in [1.807, 2.05) is 6.20 Å². The number of hydrogen-bond acceptors (Lipinski definition) is 5. The number of likely N-dealkylation sites (tertiary alicyclic amines) is 1. The molecule has 140 valence electrons. The Kier molecular flexibility index (Phi) is 7.34. The first-order valence-electron chi connectivity index (χ1n) is 10.4. The molecule has 1 N–H and O–H groups in total. The summed E-state index contributed by atoms with van der Waals surface area (Å²) in [6.45, 7) is 8.00. The first-order chi connectivity index (χ1) is 12.4. The smallest absolute Gasteiger partial charge is 0.224 e. The van der Waals surface area contributed by atoms with E-state index in [-0.39, 0.29) is 0 Å². The summed E-state index contributed by atoms with van der Waals surface area (Å²) in [5.41, 5.74) is 0. The molecule has 5 heteroatoms. The maximum atomic E-state index is 4.78. The lowest BCUT2D eigenvalue weighted by Crippen LogP contribution is -2.36. The van der Waals surface area contributed by atoms with Gasteiger partial charge in [-0.25, -0.2) is 4.98 Å². The van der Waals surface area contributed by atoms with E-state index < -0.39 is 0 Å². The summed E-state index contributed by atoms with van der Waals surface area (Å²) in [6.07, 6.45) is 13.8. The summed E-state index contributed by atoms with van der Waals surface area (Å²) in [7, 11) is 0. The van der Waals surface area contributed by atoms with Gasteiger partial charge in [-0.1, -0.05) is 32.6 Å². The molecule has 2 saturated heterocycles. The molecule has 1 unspecified atom stereocenters. The fraction of sp³-hybridized carbons (Fsp3) is 0.800. The summed E-state index contributed by atoms with van der Waals surface area (Å²) < 4.78 is 0. The normalized spacial score (nSPS) is 22.1. The number of aromatic nitrogens is 2. The van der Waals surface area contributed by atoms with Gasteiger partial charge in [0.1, 0.15) is 5.82 Å². The molecule has 3 rings (SSSR count). The van der Waals surface area contributed by atoms with E-state index in [9.17, 15) is 0 Å². The zero-order valence-corrected chi connectivity index (χ0v) is 15.9. The van der Waals surface area contributed by atoms with Crippen LogP contribution < -0.4 is 10.2 Å². The molecule has 0 spiro atoms. The van der Waals surface area contributed by atoms with Crippen molar-refractivity contribution in [2.45, 2.75) is 70.8 Å². The zero-order valence-electron chi connectivity index (χ0n) is 15.9. The molecule has 1 aromatic heterocycles. The van der Waals surface area contributed by atoms with Crippen molar-refractivity contribution in [3.63, 3.8) is 0 Å². The Morgan fingerprint density at radius 1 is 1.08 bits per heavy atom. The van der Waals surface area contributed by atoms with Crippen molar-refractivity contribution in [2.75, 3.05) is 42.9 Å². The van der Waals surface area contributed by atoms with E-state index >= 15 is 0 Å². The summed E-state index contributed by atoms with van der Waals surface area (Å²) >= 11 is 0. The fourth-order valence-electron chi connectivity index (χ4n) is 4.10. The van der Waals surface area contributed by atoms with Crippen LogP contribution in [-0.2, 0) is 0 Å². The quantitative estimate of drug-likeness (QED) is 0.723. The van der Waals surface area contributed by atoms with Crippen LogP contribution in [0.4, 0.5) is 11.8 Å². The first-order valence-corrected chi connectivity index (χ1v) is 10.4. The average molecular weight is 346 g/mol. The van der Waals surface area contributed by atoms with E-state index in [2.05, 4.69) is 33.1 Å². The van der Waals surface area contributed by atoms with E-state index in [0.29, 0.717) is 6.04 Å². The van der Waals surface area contributed by atoms with Gasteiger partial charge in [-0.2, -0.15) is 4.98 Å². The molecule has 1 aromatic rings. The first kappa shape index (κ1) is 18.4. The third kappa shape index (κ3) is 5.56. The van der Waals surface area contributed by atoms with Crippen molar-refractivity contribution in [1.29, 1.82) is 0 Å². The van der Waals surface area contributed by atoms with Crippen LogP contribution >= 0.6 is 0 Å². The maximum Gasteiger partial charge on any atom is 0.224 e. The number of unbranched alkanes of at least 4 members (excludes halogenated alkanes) is 2. The topological polar surface area (TPSA) is 44.3 Å². The Bertz CT molecular complexity index is 499. The van der Waals surface area contributed by atoms with Crippen LogP contribution in [0.5, 0.6) is 0 Å². The Morgan fingerprint density at radius 2 is 1.92 bits per heavy atom. The van der Waals surface area contributed by atoms with Gasteiger partial charge in [0.15, 0.2) is 0 Å². The van der Waals surface area contributed by atoms with E-state index in [0.717, 1.165) is 31.4 Å². The fourth-order valence-corrected chi connectivity index (χ4v) is 4.10. The molecular formula is C20H35N5. The van der Waals surface area contributed by atoms with Gasteiger partial charge in [0, 0.05) is 31.9 Å². The second-order valence-electron chi connectivity index (χ2n) is 7.56. The van der Waals surface area contributed by atoms with Gasteiger partial charge in [0.25, 0.3) is 0 Å². The minimum atomic E-state index is 0.641. The molecule has 2 aliphatic rings. The number of rotatable bonds is 8. The SMILES string of the molecule is CCCCCN1CCCC1CNc1nccc(N2CCCCCC2)n1. The highest BCUT2D eigenvalue weighted by atomic mass is 15.2. The summed E-state index contributed by atoms with van der Waals surface area (Å²) in [5.74, 6) is 1.88. The van der Waals surface area contributed by atoms with Crippen LogP contribution in [0.2, 0.25) is 0 Å². The van der Waals surface area contributed by atoms with E-state index in [1.54, 1.807) is 0 Å². The minimum absolute atomic E-state index is 0.641. The molecule has 0 aliphatic carbocycles. The second-order valence-corrected chi connectivity index (χ2v) is 7.56. The van der Waals surface area contributed by atoms with Gasteiger partial charge in [-0.05, 0) is 51.3 Å². The molecule has 25 heavy (non-hydrogen) atoms. The predicted octanol–water partition coefficient (Wildman–Crippen LogP) is 3.92. The van der Waals surface area contributed by atoms with Crippen molar-refractivity contribution < 1.29 is 0 Å². The third-order valence-corrected chi connectivity index (χ3v) is 5.61. The largest absolute Gasteiger partial charge is 0.356 e. The average Bonchev–Trinajstić information content (AvgIpc) is 2.91. The molecule has 0 amide bonds. The maximum absolute atomic E-state index is 4.78. The van der Waals surface area contributed by atoms with Gasteiger partial charge < -0.3 is 10.2 Å². The molecule has 3 heterocycles. The van der Waals surface area contributed by atoms with Crippen molar-refractivity contribution in [1.82, 2.24) is 14.9 Å². The minimum Gasteiger partial charge on any atom is -0.356 e. The molecule has 5 nitrogen and oxygen atoms in total. The molecule has 1 atom stereocenters. The van der Waals surface area contributed by atoms with Crippen LogP contribution in [-0.4, -0.2) is 53.6 Å². The van der Waals surface area contributed by atoms with Crippen molar-refractivity contribution in [2.24, 2.45) is 0 Å². The third-order valence-electron chi connectivity index (χ3n) is 5.61. The molecule has 2 aliphatic heterocycles. The highest BCUT2D eigenvalue weighted by Crippen LogP contribution is 2.20. The molecule has 0 saturated carbocycles. The van der Waals surface area contributed by atoms with E-state index in [1.165, 1.54) is 70.9 Å². The van der Waals surface area contributed by atoms with Gasteiger partial charge >= 0.3 is 0 Å². The molecule has 0 radical (unpaired) electrons. The Morgan fingerprint density at radius 3 is 2.72 bits per heavy atom. The second kappa shape index (κ2) is 9.95. The molecular weight excluding hydrogens is 310 g/mol. The number of hydrogen-bond donors (Lipinski definition) is 1.